The highest BCUT2D eigenvalue weighted by atomic mass is 79.9. The molecular formula is C23H28BrNO6. The quantitative estimate of drug-likeness (QED) is 0.550. The fraction of sp³-hybridized carbons (Fsp3) is 0.435. The number of halogens is 1. The van der Waals surface area contributed by atoms with E-state index in [9.17, 15) is 9.90 Å². The van der Waals surface area contributed by atoms with Gasteiger partial charge in [-0.15, -0.1) is 0 Å². The van der Waals surface area contributed by atoms with E-state index < -0.39 is 12.0 Å². The van der Waals surface area contributed by atoms with Crippen molar-refractivity contribution in [1.82, 2.24) is 4.90 Å². The number of ether oxygens (including phenoxy) is 4. The van der Waals surface area contributed by atoms with Gasteiger partial charge in [0.25, 0.3) is 0 Å². The van der Waals surface area contributed by atoms with E-state index in [1.165, 1.54) is 0 Å². The third-order valence-corrected chi connectivity index (χ3v) is 5.97. The Hall–Kier alpha value is -2.45. The summed E-state index contributed by atoms with van der Waals surface area (Å²) in [6.07, 6.45) is 1.39. The fourth-order valence-corrected chi connectivity index (χ4v) is 4.57. The zero-order valence-corrected chi connectivity index (χ0v) is 19.8. The minimum Gasteiger partial charge on any atom is -0.494 e. The second-order valence-corrected chi connectivity index (χ2v) is 8.13. The van der Waals surface area contributed by atoms with Gasteiger partial charge in [0.05, 0.1) is 34.0 Å². The predicted octanol–water partition coefficient (Wildman–Crippen LogP) is 4.51. The van der Waals surface area contributed by atoms with Gasteiger partial charge in [0.1, 0.15) is 11.8 Å². The zero-order valence-electron chi connectivity index (χ0n) is 18.2. The molecule has 1 aliphatic rings. The second kappa shape index (κ2) is 10.2. The number of hydrogen-bond acceptors (Lipinski definition) is 6. The van der Waals surface area contributed by atoms with Crippen molar-refractivity contribution >= 4 is 21.9 Å². The first-order valence-electron chi connectivity index (χ1n) is 10.2. The van der Waals surface area contributed by atoms with Crippen LogP contribution in [0.15, 0.2) is 34.8 Å². The molecular weight excluding hydrogens is 466 g/mol. The first-order chi connectivity index (χ1) is 14.9. The van der Waals surface area contributed by atoms with E-state index in [2.05, 4.69) is 15.9 Å². The average Bonchev–Trinajstić information content (AvgIpc) is 3.24. The fourth-order valence-electron chi connectivity index (χ4n) is 4.19. The summed E-state index contributed by atoms with van der Waals surface area (Å²) in [6.45, 7) is 3.07. The van der Waals surface area contributed by atoms with Gasteiger partial charge in [-0.05, 0) is 55.7 Å². The molecule has 2 aromatic rings. The lowest BCUT2D eigenvalue weighted by Gasteiger charge is -2.33. The largest absolute Gasteiger partial charge is 0.494 e. The maximum Gasteiger partial charge on any atom is 0.320 e. The van der Waals surface area contributed by atoms with E-state index in [0.29, 0.717) is 42.6 Å². The van der Waals surface area contributed by atoms with Gasteiger partial charge < -0.3 is 24.1 Å². The van der Waals surface area contributed by atoms with E-state index in [1.54, 1.807) is 21.3 Å². The molecule has 0 radical (unpaired) electrons. The van der Waals surface area contributed by atoms with Crippen molar-refractivity contribution in [3.8, 4) is 23.0 Å². The van der Waals surface area contributed by atoms with E-state index in [0.717, 1.165) is 22.0 Å². The van der Waals surface area contributed by atoms with Crippen LogP contribution >= 0.6 is 15.9 Å². The molecule has 0 saturated carbocycles. The number of hydrogen-bond donors (Lipinski definition) is 1. The average molecular weight is 494 g/mol. The minimum absolute atomic E-state index is 0.378. The summed E-state index contributed by atoms with van der Waals surface area (Å²) in [5.41, 5.74) is 1.71. The number of rotatable bonds is 9. The van der Waals surface area contributed by atoms with Crippen molar-refractivity contribution in [3.63, 3.8) is 0 Å². The van der Waals surface area contributed by atoms with Crippen LogP contribution in [0.4, 0.5) is 0 Å². The van der Waals surface area contributed by atoms with Gasteiger partial charge in [-0.3, -0.25) is 9.69 Å². The highest BCUT2D eigenvalue weighted by Gasteiger charge is 2.38. The van der Waals surface area contributed by atoms with E-state index in [1.807, 2.05) is 42.2 Å². The normalized spacial score (nSPS) is 17.3. The van der Waals surface area contributed by atoms with Crippen LogP contribution < -0.4 is 18.9 Å². The molecule has 1 heterocycles. The van der Waals surface area contributed by atoms with Crippen LogP contribution in [-0.4, -0.2) is 56.5 Å². The van der Waals surface area contributed by atoms with E-state index in [-0.39, 0.29) is 6.04 Å². The number of likely N-dealkylation sites (tertiary alicyclic amines) is 1. The molecule has 168 valence electrons. The summed E-state index contributed by atoms with van der Waals surface area (Å²) in [5, 5.41) is 9.89. The van der Waals surface area contributed by atoms with Crippen LogP contribution in [0.2, 0.25) is 0 Å². The summed E-state index contributed by atoms with van der Waals surface area (Å²) < 4.78 is 23.4. The Labute approximate surface area is 191 Å². The van der Waals surface area contributed by atoms with E-state index in [4.69, 9.17) is 18.9 Å². The van der Waals surface area contributed by atoms with E-state index >= 15 is 0 Å². The Kier molecular flexibility index (Phi) is 7.67. The first-order valence-corrected chi connectivity index (χ1v) is 10.9. The van der Waals surface area contributed by atoms with Gasteiger partial charge in [0, 0.05) is 16.6 Å². The predicted molar refractivity (Wildman–Crippen MR) is 121 cm³/mol. The number of carboxylic acid groups (broad SMARTS) is 1. The number of carbonyl (C=O) groups is 1. The minimum atomic E-state index is -0.831. The molecule has 0 bridgehead atoms. The molecule has 3 rings (SSSR count). The maximum absolute atomic E-state index is 12.1. The Balaban J connectivity index is 2.26. The molecule has 2 unspecified atom stereocenters. The standard InChI is InChI=1S/C23H28BrNO6/c1-5-31-18-9-8-15(24)13-16(18)21(25-10-6-7-17(25)23(26)27)14-11-19(28-2)22(30-4)20(12-14)29-3/h8-9,11-13,17,21H,5-7,10H2,1-4H3,(H,26,27). The number of aliphatic carboxylic acids is 1. The number of nitrogens with zero attached hydrogens (tertiary/aromatic N) is 1. The summed E-state index contributed by atoms with van der Waals surface area (Å²) in [4.78, 5) is 14.1. The lowest BCUT2D eigenvalue weighted by atomic mass is 9.94. The molecule has 7 nitrogen and oxygen atoms in total. The molecule has 8 heteroatoms. The third kappa shape index (κ3) is 4.75. The topological polar surface area (TPSA) is 77.5 Å². The molecule has 1 N–H and O–H groups in total. The van der Waals surface area contributed by atoms with Crippen molar-refractivity contribution in [2.75, 3.05) is 34.5 Å². The molecule has 2 aromatic carbocycles. The Morgan fingerprint density at radius 2 is 1.81 bits per heavy atom. The van der Waals surface area contributed by atoms with Crippen molar-refractivity contribution < 1.29 is 28.8 Å². The van der Waals surface area contributed by atoms with Crippen LogP contribution in [0.25, 0.3) is 0 Å². The van der Waals surface area contributed by atoms with Gasteiger partial charge in [-0.2, -0.15) is 0 Å². The lowest BCUT2D eigenvalue weighted by molar-refractivity contribution is -0.142. The number of carboxylic acids is 1. The highest BCUT2D eigenvalue weighted by Crippen LogP contribution is 2.45. The summed E-state index contributed by atoms with van der Waals surface area (Å²) >= 11 is 3.56. The number of methoxy groups -OCH3 is 3. The molecule has 0 aliphatic carbocycles. The molecule has 0 spiro atoms. The molecule has 31 heavy (non-hydrogen) atoms. The van der Waals surface area contributed by atoms with Crippen LogP contribution in [0, 0.1) is 0 Å². The number of benzene rings is 2. The lowest BCUT2D eigenvalue weighted by Crippen LogP contribution is -2.39. The van der Waals surface area contributed by atoms with Gasteiger partial charge >= 0.3 is 5.97 Å². The molecule has 1 fully saturated rings. The summed E-state index contributed by atoms with van der Waals surface area (Å²) in [5.74, 6) is 1.40. The molecule has 0 amide bonds. The van der Waals surface area contributed by atoms with Crippen LogP contribution in [-0.2, 0) is 4.79 Å². The van der Waals surface area contributed by atoms with Crippen LogP contribution in [0.1, 0.15) is 36.9 Å². The Morgan fingerprint density at radius 1 is 1.13 bits per heavy atom. The summed E-state index contributed by atoms with van der Waals surface area (Å²) in [6, 6.07) is 8.57. The SMILES string of the molecule is CCOc1ccc(Br)cc1C(c1cc(OC)c(OC)c(OC)c1)N1CCCC1C(=O)O. The second-order valence-electron chi connectivity index (χ2n) is 7.21. The highest BCUT2D eigenvalue weighted by molar-refractivity contribution is 9.10. The smallest absolute Gasteiger partial charge is 0.320 e. The molecule has 1 saturated heterocycles. The van der Waals surface area contributed by atoms with Crippen LogP contribution in [0.5, 0.6) is 23.0 Å². The first kappa shape index (κ1) is 23.2. The molecule has 2 atom stereocenters. The van der Waals surface area contributed by atoms with Gasteiger partial charge in [0.2, 0.25) is 5.75 Å². The van der Waals surface area contributed by atoms with Crippen molar-refractivity contribution in [2.45, 2.75) is 31.8 Å². The Bertz CT molecular complexity index is 909. The van der Waals surface area contributed by atoms with Crippen LogP contribution in [0.3, 0.4) is 0 Å². The van der Waals surface area contributed by atoms with Gasteiger partial charge in [-0.1, -0.05) is 15.9 Å². The van der Waals surface area contributed by atoms with Gasteiger partial charge in [-0.25, -0.2) is 0 Å². The maximum atomic E-state index is 12.1. The third-order valence-electron chi connectivity index (χ3n) is 5.48. The van der Waals surface area contributed by atoms with Crippen molar-refractivity contribution in [2.24, 2.45) is 0 Å². The molecule has 0 aromatic heterocycles. The summed E-state index contributed by atoms with van der Waals surface area (Å²) in [7, 11) is 4.69. The van der Waals surface area contributed by atoms with Crippen molar-refractivity contribution in [3.05, 3.63) is 45.9 Å². The monoisotopic (exact) mass is 493 g/mol. The molecule has 1 aliphatic heterocycles. The van der Waals surface area contributed by atoms with Crippen molar-refractivity contribution in [1.29, 1.82) is 0 Å². The Morgan fingerprint density at radius 3 is 2.35 bits per heavy atom. The zero-order chi connectivity index (χ0) is 22.5. The van der Waals surface area contributed by atoms with Gasteiger partial charge in [0.15, 0.2) is 11.5 Å².